The van der Waals surface area contributed by atoms with Gasteiger partial charge in [-0.25, -0.2) is 8.42 Å². The van der Waals surface area contributed by atoms with Crippen LogP contribution in [0.25, 0.3) is 0 Å². The van der Waals surface area contributed by atoms with Gasteiger partial charge in [0.1, 0.15) is 4.90 Å². The van der Waals surface area contributed by atoms with Gasteiger partial charge in [-0.15, -0.1) is 0 Å². The molecule has 10 heteroatoms. The molecule has 0 N–H and O–H groups in total. The molecule has 1 aromatic rings. The third kappa shape index (κ3) is 4.32. The quantitative estimate of drug-likeness (QED) is 0.749. The summed E-state index contributed by atoms with van der Waals surface area (Å²) in [5, 5.41) is -0.272. The average Bonchev–Trinajstić information content (AvgIpc) is 2.52. The number of hydrogen-bond donors (Lipinski definition) is 0. The second-order valence-corrected chi connectivity index (χ2v) is 9.40. The van der Waals surface area contributed by atoms with Crippen molar-refractivity contribution in [2.75, 3.05) is 26.2 Å². The number of benzene rings is 1. The first kappa shape index (κ1) is 21.0. The van der Waals surface area contributed by atoms with Crippen LogP contribution in [0.5, 0.6) is 0 Å². The average molecular weight is 413 g/mol. The van der Waals surface area contributed by atoms with Gasteiger partial charge in [0.2, 0.25) is 15.9 Å². The standard InChI is InChI=1S/C16H20ClF3N2O3S/c1-15(2,3)14(23)21-6-8-22(9-7-21)26(24,25)13-10-11(16(18,19)20)4-5-12(13)17/h4-5,10H,6-9H2,1-3H3. The molecule has 1 heterocycles. The van der Waals surface area contributed by atoms with Gasteiger partial charge in [-0.1, -0.05) is 32.4 Å². The maximum absolute atomic E-state index is 12.9. The first-order valence-corrected chi connectivity index (χ1v) is 9.72. The van der Waals surface area contributed by atoms with Crippen LogP contribution in [0.3, 0.4) is 0 Å². The molecule has 0 radical (unpaired) electrons. The smallest absolute Gasteiger partial charge is 0.340 e. The number of alkyl halides is 3. The Morgan fingerprint density at radius 2 is 1.62 bits per heavy atom. The molecule has 1 aliphatic rings. The highest BCUT2D eigenvalue weighted by Gasteiger charge is 2.37. The van der Waals surface area contributed by atoms with Crippen LogP contribution < -0.4 is 0 Å². The van der Waals surface area contributed by atoms with Crippen molar-refractivity contribution in [3.05, 3.63) is 28.8 Å². The van der Waals surface area contributed by atoms with Crippen molar-refractivity contribution in [2.24, 2.45) is 5.41 Å². The maximum Gasteiger partial charge on any atom is 0.416 e. The Kier molecular flexibility index (Phi) is 5.66. The minimum Gasteiger partial charge on any atom is -0.340 e. The zero-order valence-corrected chi connectivity index (χ0v) is 16.2. The second-order valence-electron chi connectivity index (χ2n) is 7.09. The Bertz CT molecular complexity index is 796. The van der Waals surface area contributed by atoms with E-state index in [-0.39, 0.29) is 37.1 Å². The molecule has 2 rings (SSSR count). The van der Waals surface area contributed by atoms with Crippen LogP contribution in [0, 0.1) is 5.41 Å². The van der Waals surface area contributed by atoms with Crippen LogP contribution in [-0.2, 0) is 21.0 Å². The van der Waals surface area contributed by atoms with Gasteiger partial charge in [-0.3, -0.25) is 4.79 Å². The van der Waals surface area contributed by atoms with Crippen molar-refractivity contribution in [3.8, 4) is 0 Å². The maximum atomic E-state index is 12.9. The summed E-state index contributed by atoms with van der Waals surface area (Å²) in [6.07, 6.45) is -4.67. The third-order valence-corrected chi connectivity index (χ3v) is 6.42. The first-order valence-electron chi connectivity index (χ1n) is 7.91. The van der Waals surface area contributed by atoms with Crippen molar-refractivity contribution in [1.29, 1.82) is 0 Å². The lowest BCUT2D eigenvalue weighted by Crippen LogP contribution is -2.52. The van der Waals surface area contributed by atoms with Crippen LogP contribution in [-0.4, -0.2) is 49.7 Å². The molecule has 1 aliphatic heterocycles. The summed E-state index contributed by atoms with van der Waals surface area (Å²) in [6, 6.07) is 2.21. The predicted molar refractivity (Wildman–Crippen MR) is 91.2 cm³/mol. The SMILES string of the molecule is CC(C)(C)C(=O)N1CCN(S(=O)(=O)c2cc(C(F)(F)F)ccc2Cl)CC1. The molecule has 1 aromatic carbocycles. The van der Waals surface area contributed by atoms with Gasteiger partial charge in [-0.2, -0.15) is 17.5 Å². The fraction of sp³-hybridized carbons (Fsp3) is 0.562. The molecule has 146 valence electrons. The molecule has 5 nitrogen and oxygen atoms in total. The van der Waals surface area contributed by atoms with Gasteiger partial charge in [0.25, 0.3) is 0 Å². The zero-order chi connectivity index (χ0) is 19.9. The van der Waals surface area contributed by atoms with Crippen LogP contribution in [0.4, 0.5) is 13.2 Å². The highest BCUT2D eigenvalue weighted by Crippen LogP contribution is 2.34. The number of piperazine rings is 1. The van der Waals surface area contributed by atoms with Crippen LogP contribution in [0.2, 0.25) is 5.02 Å². The van der Waals surface area contributed by atoms with E-state index in [2.05, 4.69) is 0 Å². The minimum atomic E-state index is -4.67. The van der Waals surface area contributed by atoms with Crippen molar-refractivity contribution in [2.45, 2.75) is 31.8 Å². The van der Waals surface area contributed by atoms with Crippen LogP contribution in [0.1, 0.15) is 26.3 Å². The Morgan fingerprint density at radius 1 is 1.08 bits per heavy atom. The number of carbonyl (C=O) groups excluding carboxylic acids is 1. The summed E-state index contributed by atoms with van der Waals surface area (Å²) in [6.45, 7) is 5.63. The van der Waals surface area contributed by atoms with E-state index >= 15 is 0 Å². The number of hydrogen-bond acceptors (Lipinski definition) is 3. The molecular weight excluding hydrogens is 393 g/mol. The van der Waals surface area contributed by atoms with Crippen molar-refractivity contribution in [3.63, 3.8) is 0 Å². The lowest BCUT2D eigenvalue weighted by atomic mass is 9.94. The van der Waals surface area contributed by atoms with Crippen molar-refractivity contribution >= 4 is 27.5 Å². The molecule has 0 aromatic heterocycles. The molecule has 0 unspecified atom stereocenters. The van der Waals surface area contributed by atoms with Crippen molar-refractivity contribution in [1.82, 2.24) is 9.21 Å². The highest BCUT2D eigenvalue weighted by atomic mass is 35.5. The third-order valence-electron chi connectivity index (χ3n) is 4.04. The van der Waals surface area contributed by atoms with E-state index in [0.29, 0.717) is 6.07 Å². The normalized spacial score (nSPS) is 17.4. The molecule has 0 spiro atoms. The lowest BCUT2D eigenvalue weighted by Gasteiger charge is -2.37. The molecule has 1 saturated heterocycles. The molecule has 1 amide bonds. The number of carbonyl (C=O) groups is 1. The van der Waals surface area contributed by atoms with Crippen LogP contribution >= 0.6 is 11.6 Å². The van der Waals surface area contributed by atoms with E-state index in [1.54, 1.807) is 25.7 Å². The molecular formula is C16H20ClF3N2O3S. The Hall–Kier alpha value is -1.32. The number of halogens is 4. The fourth-order valence-corrected chi connectivity index (χ4v) is 4.54. The summed E-state index contributed by atoms with van der Waals surface area (Å²) in [7, 11) is -4.20. The topological polar surface area (TPSA) is 57.7 Å². The van der Waals surface area contributed by atoms with Crippen LogP contribution in [0.15, 0.2) is 23.1 Å². The fourth-order valence-electron chi connectivity index (χ4n) is 2.62. The van der Waals surface area contributed by atoms with Gasteiger partial charge < -0.3 is 4.90 Å². The summed E-state index contributed by atoms with van der Waals surface area (Å²) >= 11 is 5.85. The molecule has 1 fully saturated rings. The van der Waals surface area contributed by atoms with Gasteiger partial charge in [0.05, 0.1) is 10.6 Å². The predicted octanol–water partition coefficient (Wildman–Crippen LogP) is 3.24. The molecule has 26 heavy (non-hydrogen) atoms. The van der Waals surface area contributed by atoms with E-state index in [9.17, 15) is 26.4 Å². The molecule has 0 aliphatic carbocycles. The number of nitrogens with zero attached hydrogens (tertiary/aromatic N) is 2. The minimum absolute atomic E-state index is 0.00325. The van der Waals surface area contributed by atoms with Gasteiger partial charge in [-0.05, 0) is 18.2 Å². The zero-order valence-electron chi connectivity index (χ0n) is 14.6. The summed E-state index contributed by atoms with van der Waals surface area (Å²) in [4.78, 5) is 13.2. The summed E-state index contributed by atoms with van der Waals surface area (Å²) in [5.41, 5.74) is -1.67. The van der Waals surface area contributed by atoms with E-state index in [1.165, 1.54) is 0 Å². The molecule has 0 atom stereocenters. The van der Waals surface area contributed by atoms with Gasteiger partial charge >= 0.3 is 6.18 Å². The van der Waals surface area contributed by atoms with E-state index in [0.717, 1.165) is 16.4 Å². The Balaban J connectivity index is 2.24. The first-order chi connectivity index (χ1) is 11.7. The number of sulfonamides is 1. The lowest BCUT2D eigenvalue weighted by molar-refractivity contribution is -0.140. The summed E-state index contributed by atoms with van der Waals surface area (Å²) < 4.78 is 65.2. The van der Waals surface area contributed by atoms with E-state index < -0.39 is 32.1 Å². The molecule has 0 bridgehead atoms. The number of rotatable bonds is 2. The monoisotopic (exact) mass is 412 g/mol. The van der Waals surface area contributed by atoms with E-state index in [1.807, 2.05) is 0 Å². The van der Waals surface area contributed by atoms with Gasteiger partial charge in [0.15, 0.2) is 0 Å². The Labute approximate surface area is 155 Å². The highest BCUT2D eigenvalue weighted by molar-refractivity contribution is 7.89. The van der Waals surface area contributed by atoms with E-state index in [4.69, 9.17) is 11.6 Å². The molecule has 0 saturated carbocycles. The van der Waals surface area contributed by atoms with Gasteiger partial charge in [0, 0.05) is 31.6 Å². The largest absolute Gasteiger partial charge is 0.416 e. The Morgan fingerprint density at radius 3 is 2.08 bits per heavy atom. The number of amides is 1. The second kappa shape index (κ2) is 7.01. The summed E-state index contributed by atoms with van der Waals surface area (Å²) in [5.74, 6) is -0.105. The van der Waals surface area contributed by atoms with Crippen molar-refractivity contribution < 1.29 is 26.4 Å².